The maximum absolute atomic E-state index is 6.73. The first-order valence-electron chi connectivity index (χ1n) is 17.8. The van der Waals surface area contributed by atoms with Crippen LogP contribution in [0.15, 0.2) is 192 Å². The highest BCUT2D eigenvalue weighted by Gasteiger charge is 2.19. The molecule has 10 aromatic rings. The van der Waals surface area contributed by atoms with Crippen LogP contribution in [0.2, 0.25) is 0 Å². The first kappa shape index (κ1) is 30.6. The van der Waals surface area contributed by atoms with Gasteiger partial charge in [-0.25, -0.2) is 15.0 Å². The van der Waals surface area contributed by atoms with E-state index in [0.29, 0.717) is 17.5 Å². The fourth-order valence-electron chi connectivity index (χ4n) is 7.28. The molecule has 0 N–H and O–H groups in total. The minimum absolute atomic E-state index is 0.620. The summed E-state index contributed by atoms with van der Waals surface area (Å²) >= 11 is 0. The molecule has 0 aliphatic heterocycles. The molecule has 0 fully saturated rings. The molecule has 0 saturated carbocycles. The van der Waals surface area contributed by atoms with E-state index in [-0.39, 0.29) is 0 Å². The Hall–Kier alpha value is -7.17. The SMILES string of the molecule is c1ccc(-c2cccc(-c3cccc(-c4ccc5c(c4)oc4c6ccccc6c(-c6nc(-c7ccccc7)nc(-c7ccccc7)n6)cc54)c3)c2)cc1. The maximum Gasteiger partial charge on any atom is 0.164 e. The molecule has 2 heterocycles. The number of furan rings is 1. The molecule has 0 unspecified atom stereocenters. The number of nitrogens with zero attached hydrogens (tertiary/aromatic N) is 3. The van der Waals surface area contributed by atoms with Crippen molar-refractivity contribution >= 4 is 32.7 Å². The summed E-state index contributed by atoms with van der Waals surface area (Å²) in [5.41, 5.74) is 11.5. The van der Waals surface area contributed by atoms with Gasteiger partial charge < -0.3 is 4.42 Å². The fraction of sp³-hybridized carbons (Fsp3) is 0. The third-order valence-corrected chi connectivity index (χ3v) is 9.92. The summed E-state index contributed by atoms with van der Waals surface area (Å²) in [7, 11) is 0. The number of rotatable bonds is 6. The summed E-state index contributed by atoms with van der Waals surface area (Å²) in [5, 5.41) is 4.10. The van der Waals surface area contributed by atoms with Crippen LogP contribution in [0.5, 0.6) is 0 Å². The van der Waals surface area contributed by atoms with Crippen molar-refractivity contribution in [3.63, 3.8) is 0 Å². The average Bonchev–Trinajstić information content (AvgIpc) is 3.62. The predicted molar refractivity (Wildman–Crippen MR) is 217 cm³/mol. The van der Waals surface area contributed by atoms with E-state index in [1.165, 1.54) is 22.3 Å². The van der Waals surface area contributed by atoms with E-state index in [2.05, 4.69) is 127 Å². The third kappa shape index (κ3) is 5.63. The van der Waals surface area contributed by atoms with Crippen LogP contribution in [-0.2, 0) is 0 Å². The van der Waals surface area contributed by atoms with E-state index >= 15 is 0 Å². The number of benzene rings is 8. The van der Waals surface area contributed by atoms with E-state index in [0.717, 1.165) is 60.5 Å². The number of hydrogen-bond donors (Lipinski definition) is 0. The summed E-state index contributed by atoms with van der Waals surface area (Å²) in [6.07, 6.45) is 0. The zero-order valence-corrected chi connectivity index (χ0v) is 28.6. The van der Waals surface area contributed by atoms with Crippen LogP contribution < -0.4 is 0 Å². The van der Waals surface area contributed by atoms with Crippen molar-refractivity contribution in [2.24, 2.45) is 0 Å². The van der Waals surface area contributed by atoms with Crippen LogP contribution in [-0.4, -0.2) is 15.0 Å². The highest BCUT2D eigenvalue weighted by molar-refractivity contribution is 6.19. The van der Waals surface area contributed by atoms with Crippen molar-refractivity contribution in [3.05, 3.63) is 188 Å². The molecule has 0 atom stereocenters. The van der Waals surface area contributed by atoms with Crippen LogP contribution in [0.25, 0.3) is 100 Å². The van der Waals surface area contributed by atoms with Crippen molar-refractivity contribution in [3.8, 4) is 67.5 Å². The molecule has 0 spiro atoms. The Morgan fingerprint density at radius 1 is 0.283 bits per heavy atom. The van der Waals surface area contributed by atoms with Crippen molar-refractivity contribution in [2.45, 2.75) is 0 Å². The van der Waals surface area contributed by atoms with Crippen LogP contribution in [0.3, 0.4) is 0 Å². The Balaban J connectivity index is 1.10. The Bertz CT molecular complexity index is 2880. The van der Waals surface area contributed by atoms with E-state index in [4.69, 9.17) is 19.4 Å². The molecule has 53 heavy (non-hydrogen) atoms. The van der Waals surface area contributed by atoms with E-state index in [9.17, 15) is 0 Å². The van der Waals surface area contributed by atoms with Gasteiger partial charge in [-0.15, -0.1) is 0 Å². The lowest BCUT2D eigenvalue weighted by atomic mass is 9.95. The smallest absolute Gasteiger partial charge is 0.164 e. The molecule has 0 aliphatic carbocycles. The van der Waals surface area contributed by atoms with Gasteiger partial charge in [-0.3, -0.25) is 0 Å². The van der Waals surface area contributed by atoms with Gasteiger partial charge in [-0.2, -0.15) is 0 Å². The molecule has 8 aromatic carbocycles. The van der Waals surface area contributed by atoms with Crippen LogP contribution >= 0.6 is 0 Å². The van der Waals surface area contributed by atoms with Crippen LogP contribution in [0.4, 0.5) is 0 Å². The fourth-order valence-corrected chi connectivity index (χ4v) is 7.28. The molecule has 0 bridgehead atoms. The molecule has 0 aliphatic rings. The maximum atomic E-state index is 6.73. The number of hydrogen-bond acceptors (Lipinski definition) is 4. The van der Waals surface area contributed by atoms with Gasteiger partial charge in [-0.05, 0) is 69.1 Å². The van der Waals surface area contributed by atoms with Gasteiger partial charge in [0.1, 0.15) is 11.2 Å². The largest absolute Gasteiger partial charge is 0.455 e. The van der Waals surface area contributed by atoms with Gasteiger partial charge in [0.25, 0.3) is 0 Å². The highest BCUT2D eigenvalue weighted by Crippen LogP contribution is 2.41. The zero-order valence-electron chi connectivity index (χ0n) is 28.6. The van der Waals surface area contributed by atoms with Crippen molar-refractivity contribution in [1.82, 2.24) is 15.0 Å². The lowest BCUT2D eigenvalue weighted by molar-refractivity contribution is 0.673. The molecule has 2 aromatic heterocycles. The second kappa shape index (κ2) is 12.9. The Labute approximate surface area is 306 Å². The molecule has 10 rings (SSSR count). The quantitative estimate of drug-likeness (QED) is 0.176. The molecule has 0 saturated heterocycles. The monoisotopic (exact) mass is 677 g/mol. The number of fused-ring (bicyclic) bond motifs is 5. The van der Waals surface area contributed by atoms with Gasteiger partial charge in [0, 0.05) is 32.8 Å². The average molecular weight is 678 g/mol. The second-order valence-corrected chi connectivity index (χ2v) is 13.2. The number of aromatic nitrogens is 3. The molecule has 4 nitrogen and oxygen atoms in total. The lowest BCUT2D eigenvalue weighted by Crippen LogP contribution is -2.00. The highest BCUT2D eigenvalue weighted by atomic mass is 16.3. The summed E-state index contributed by atoms with van der Waals surface area (Å²) in [4.78, 5) is 15.1. The van der Waals surface area contributed by atoms with E-state index in [1.54, 1.807) is 0 Å². The van der Waals surface area contributed by atoms with E-state index < -0.39 is 0 Å². The van der Waals surface area contributed by atoms with Crippen molar-refractivity contribution in [1.29, 1.82) is 0 Å². The Morgan fingerprint density at radius 3 is 1.32 bits per heavy atom. The minimum Gasteiger partial charge on any atom is -0.455 e. The molecular formula is C49H31N3O. The summed E-state index contributed by atoms with van der Waals surface area (Å²) in [6.45, 7) is 0. The second-order valence-electron chi connectivity index (χ2n) is 13.2. The minimum atomic E-state index is 0.620. The molecule has 0 radical (unpaired) electrons. The topological polar surface area (TPSA) is 51.8 Å². The Kier molecular flexibility index (Phi) is 7.43. The van der Waals surface area contributed by atoms with Crippen LogP contribution in [0.1, 0.15) is 0 Å². The normalized spacial score (nSPS) is 11.4. The molecule has 0 amide bonds. The van der Waals surface area contributed by atoms with Gasteiger partial charge in [-0.1, -0.05) is 158 Å². The van der Waals surface area contributed by atoms with E-state index in [1.807, 2.05) is 60.7 Å². The van der Waals surface area contributed by atoms with Crippen LogP contribution in [0, 0.1) is 0 Å². The predicted octanol–water partition coefficient (Wildman–Crippen LogP) is 12.9. The summed E-state index contributed by atoms with van der Waals surface area (Å²) in [6, 6.07) is 65.2. The van der Waals surface area contributed by atoms with Gasteiger partial charge in [0.05, 0.1) is 0 Å². The third-order valence-electron chi connectivity index (χ3n) is 9.92. The van der Waals surface area contributed by atoms with Gasteiger partial charge >= 0.3 is 0 Å². The first-order chi connectivity index (χ1) is 26.2. The summed E-state index contributed by atoms with van der Waals surface area (Å²) < 4.78 is 6.73. The van der Waals surface area contributed by atoms with Crippen molar-refractivity contribution < 1.29 is 4.42 Å². The van der Waals surface area contributed by atoms with Crippen molar-refractivity contribution in [2.75, 3.05) is 0 Å². The van der Waals surface area contributed by atoms with Gasteiger partial charge in [0.15, 0.2) is 17.5 Å². The standard InChI is InChI=1S/C49H31N3O/c1-4-14-32(15-5-1)35-20-12-21-36(28-35)37-22-13-23-38(29-37)39-26-27-41-43-31-44(40-24-10-11-25-42(40)46(43)53-45(41)30-39)49-51-47(33-16-6-2-7-17-33)50-48(52-49)34-18-8-3-9-19-34/h1-31H. The molecular weight excluding hydrogens is 647 g/mol. The zero-order chi connectivity index (χ0) is 35.1. The van der Waals surface area contributed by atoms with Gasteiger partial charge in [0.2, 0.25) is 0 Å². The molecule has 4 heteroatoms. The molecule has 248 valence electrons. The summed E-state index contributed by atoms with van der Waals surface area (Å²) in [5.74, 6) is 1.89. The first-order valence-corrected chi connectivity index (χ1v) is 17.8. The Morgan fingerprint density at radius 2 is 0.736 bits per heavy atom. The lowest BCUT2D eigenvalue weighted by Gasteiger charge is -2.11.